The molecule has 2 aromatic rings. The number of carbonyl (C=O) groups excluding carboxylic acids is 1. The average Bonchev–Trinajstić information content (AvgIpc) is 2.45. The van der Waals surface area contributed by atoms with Gasteiger partial charge < -0.3 is 10.4 Å². The number of aliphatic carboxylic acids is 1. The van der Waals surface area contributed by atoms with E-state index in [-0.39, 0.29) is 16.1 Å². The van der Waals surface area contributed by atoms with Gasteiger partial charge in [-0.1, -0.05) is 29.8 Å². The Labute approximate surface area is 124 Å². The normalized spacial score (nSPS) is 11.7. The number of benzene rings is 1. The van der Waals surface area contributed by atoms with Gasteiger partial charge in [-0.05, 0) is 12.1 Å². The number of carbonyl (C=O) groups is 2. The lowest BCUT2D eigenvalue weighted by Gasteiger charge is -2.16. The number of hydrogen-bond donors (Lipinski definition) is 2. The number of pyridine rings is 1. The number of hydrogen-bond acceptors (Lipinski definition) is 3. The summed E-state index contributed by atoms with van der Waals surface area (Å²) >= 11 is 5.93. The van der Waals surface area contributed by atoms with Crippen LogP contribution < -0.4 is 5.32 Å². The van der Waals surface area contributed by atoms with Gasteiger partial charge in [-0.25, -0.2) is 9.78 Å². The highest BCUT2D eigenvalue weighted by molar-refractivity contribution is 6.31. The molecule has 0 saturated carbocycles. The predicted octanol–water partition coefficient (Wildman–Crippen LogP) is 2.43. The van der Waals surface area contributed by atoms with Crippen LogP contribution in [-0.2, 0) is 4.79 Å². The maximum atomic E-state index is 13.0. The minimum Gasteiger partial charge on any atom is -0.479 e. The third-order valence-electron chi connectivity index (χ3n) is 2.73. The smallest absolute Gasteiger partial charge is 0.330 e. The molecule has 1 amide bonds. The summed E-state index contributed by atoms with van der Waals surface area (Å²) in [6, 6.07) is 7.13. The molecule has 0 bridgehead atoms. The van der Waals surface area contributed by atoms with E-state index in [4.69, 9.17) is 11.6 Å². The molecule has 0 aliphatic heterocycles. The lowest BCUT2D eigenvalue weighted by Crippen LogP contribution is -2.34. The fourth-order valence-corrected chi connectivity index (χ4v) is 1.98. The highest BCUT2D eigenvalue weighted by Crippen LogP contribution is 2.23. The first-order valence-corrected chi connectivity index (χ1v) is 6.26. The highest BCUT2D eigenvalue weighted by Gasteiger charge is 2.24. The molecular formula is C14H10ClFN2O3. The van der Waals surface area contributed by atoms with Crippen LogP contribution in [0.2, 0.25) is 5.02 Å². The van der Waals surface area contributed by atoms with Gasteiger partial charge in [0.05, 0.1) is 0 Å². The van der Waals surface area contributed by atoms with Crippen molar-refractivity contribution in [3.8, 4) is 0 Å². The largest absolute Gasteiger partial charge is 0.479 e. The Morgan fingerprint density at radius 1 is 1.29 bits per heavy atom. The SMILES string of the molecule is O=C(N[C@@H](C(=O)O)c1ccccc1Cl)c1ccnc(F)c1. The lowest BCUT2D eigenvalue weighted by atomic mass is 10.1. The molecule has 0 radical (unpaired) electrons. The van der Waals surface area contributed by atoms with Crippen LogP contribution in [-0.4, -0.2) is 22.0 Å². The quantitative estimate of drug-likeness (QED) is 0.850. The zero-order chi connectivity index (χ0) is 15.4. The monoisotopic (exact) mass is 308 g/mol. The van der Waals surface area contributed by atoms with Crippen LogP contribution in [0.15, 0.2) is 42.6 Å². The Morgan fingerprint density at radius 2 is 2.00 bits per heavy atom. The molecule has 0 fully saturated rings. The zero-order valence-electron chi connectivity index (χ0n) is 10.6. The molecule has 0 saturated heterocycles. The number of halogens is 2. The van der Waals surface area contributed by atoms with Gasteiger partial charge in [0, 0.05) is 28.4 Å². The van der Waals surface area contributed by atoms with Gasteiger partial charge in [0.25, 0.3) is 5.91 Å². The van der Waals surface area contributed by atoms with Crippen LogP contribution in [0.1, 0.15) is 22.0 Å². The number of amides is 1. The Kier molecular flexibility index (Phi) is 4.49. The predicted molar refractivity (Wildman–Crippen MR) is 73.5 cm³/mol. The molecular weight excluding hydrogens is 299 g/mol. The summed E-state index contributed by atoms with van der Waals surface area (Å²) in [5, 5.41) is 11.8. The van der Waals surface area contributed by atoms with Gasteiger partial charge in [0.2, 0.25) is 5.95 Å². The van der Waals surface area contributed by atoms with Crippen LogP contribution in [0.5, 0.6) is 0 Å². The minimum absolute atomic E-state index is 0.0270. The number of rotatable bonds is 4. The van der Waals surface area contributed by atoms with E-state index in [1.165, 1.54) is 18.2 Å². The van der Waals surface area contributed by atoms with Crippen molar-refractivity contribution in [2.75, 3.05) is 0 Å². The van der Waals surface area contributed by atoms with Crippen LogP contribution >= 0.6 is 11.6 Å². The van der Waals surface area contributed by atoms with Crippen molar-refractivity contribution in [2.45, 2.75) is 6.04 Å². The van der Waals surface area contributed by atoms with Crippen molar-refractivity contribution in [1.29, 1.82) is 0 Å². The first kappa shape index (κ1) is 14.9. The van der Waals surface area contributed by atoms with Gasteiger partial charge in [0.15, 0.2) is 6.04 Å². The van der Waals surface area contributed by atoms with E-state index in [0.29, 0.717) is 0 Å². The van der Waals surface area contributed by atoms with Crippen molar-refractivity contribution in [3.63, 3.8) is 0 Å². The molecule has 5 nitrogen and oxygen atoms in total. The van der Waals surface area contributed by atoms with Crippen molar-refractivity contribution in [1.82, 2.24) is 10.3 Å². The average molecular weight is 309 g/mol. The summed E-state index contributed by atoms with van der Waals surface area (Å²) in [5.74, 6) is -2.83. The molecule has 7 heteroatoms. The zero-order valence-corrected chi connectivity index (χ0v) is 11.3. The molecule has 21 heavy (non-hydrogen) atoms. The number of carboxylic acids is 1. The fraction of sp³-hybridized carbons (Fsp3) is 0.0714. The van der Waals surface area contributed by atoms with Crippen molar-refractivity contribution in [2.24, 2.45) is 0 Å². The number of carboxylic acid groups (broad SMARTS) is 1. The van der Waals surface area contributed by atoms with E-state index in [1.807, 2.05) is 0 Å². The van der Waals surface area contributed by atoms with E-state index in [1.54, 1.807) is 12.1 Å². The molecule has 1 aromatic heterocycles. The van der Waals surface area contributed by atoms with Crippen LogP contribution in [0.3, 0.4) is 0 Å². The van der Waals surface area contributed by atoms with Gasteiger partial charge in [0.1, 0.15) is 0 Å². The first-order chi connectivity index (χ1) is 9.99. The molecule has 2 rings (SSSR count). The van der Waals surface area contributed by atoms with Crippen LogP contribution in [0.25, 0.3) is 0 Å². The van der Waals surface area contributed by atoms with Gasteiger partial charge in [-0.15, -0.1) is 0 Å². The maximum absolute atomic E-state index is 13.0. The molecule has 1 aromatic carbocycles. The Balaban J connectivity index is 2.27. The van der Waals surface area contributed by atoms with Gasteiger partial charge >= 0.3 is 5.97 Å². The first-order valence-electron chi connectivity index (χ1n) is 5.88. The van der Waals surface area contributed by atoms with E-state index in [0.717, 1.165) is 12.3 Å². The second-order valence-corrected chi connectivity index (χ2v) is 4.54. The maximum Gasteiger partial charge on any atom is 0.330 e. The van der Waals surface area contributed by atoms with E-state index in [2.05, 4.69) is 10.3 Å². The van der Waals surface area contributed by atoms with E-state index >= 15 is 0 Å². The Morgan fingerprint density at radius 3 is 2.62 bits per heavy atom. The van der Waals surface area contributed by atoms with Crippen LogP contribution in [0.4, 0.5) is 4.39 Å². The summed E-state index contributed by atoms with van der Waals surface area (Å²) < 4.78 is 13.0. The molecule has 1 heterocycles. The summed E-state index contributed by atoms with van der Waals surface area (Å²) in [5.41, 5.74) is 0.218. The third-order valence-corrected chi connectivity index (χ3v) is 3.07. The number of aromatic nitrogens is 1. The lowest BCUT2D eigenvalue weighted by molar-refractivity contribution is -0.139. The Bertz CT molecular complexity index is 693. The Hall–Kier alpha value is -2.47. The van der Waals surface area contributed by atoms with Crippen molar-refractivity contribution in [3.05, 3.63) is 64.7 Å². The van der Waals surface area contributed by atoms with Crippen molar-refractivity contribution < 1.29 is 19.1 Å². The van der Waals surface area contributed by atoms with Crippen molar-refractivity contribution >= 4 is 23.5 Å². The summed E-state index contributed by atoms with van der Waals surface area (Å²) in [4.78, 5) is 26.6. The van der Waals surface area contributed by atoms with E-state index in [9.17, 15) is 19.1 Å². The van der Waals surface area contributed by atoms with Gasteiger partial charge in [-0.2, -0.15) is 4.39 Å². The third kappa shape index (κ3) is 3.55. The summed E-state index contributed by atoms with van der Waals surface area (Å²) in [6.45, 7) is 0. The topological polar surface area (TPSA) is 79.3 Å². The number of nitrogens with zero attached hydrogens (tertiary/aromatic N) is 1. The highest BCUT2D eigenvalue weighted by atomic mass is 35.5. The molecule has 108 valence electrons. The molecule has 0 unspecified atom stereocenters. The molecule has 0 spiro atoms. The minimum atomic E-state index is -1.33. The van der Waals surface area contributed by atoms with Gasteiger partial charge in [-0.3, -0.25) is 4.79 Å². The molecule has 2 N–H and O–H groups in total. The summed E-state index contributed by atoms with van der Waals surface area (Å²) in [7, 11) is 0. The molecule has 1 atom stereocenters. The number of nitrogens with one attached hydrogen (secondary N) is 1. The van der Waals surface area contributed by atoms with Crippen LogP contribution in [0, 0.1) is 5.95 Å². The second kappa shape index (κ2) is 6.32. The summed E-state index contributed by atoms with van der Waals surface area (Å²) in [6.07, 6.45) is 1.12. The fourth-order valence-electron chi connectivity index (χ4n) is 1.74. The second-order valence-electron chi connectivity index (χ2n) is 4.13. The molecule has 0 aliphatic rings. The van der Waals surface area contributed by atoms with E-state index < -0.39 is 23.9 Å². The standard InChI is InChI=1S/C14H10ClFN2O3/c15-10-4-2-1-3-9(10)12(14(20)21)18-13(19)8-5-6-17-11(16)7-8/h1-7,12H,(H,18,19)(H,20,21)/t12-/m1/s1. The molecule has 0 aliphatic carbocycles.